The average Bonchev–Trinajstić information content (AvgIpc) is 3.04. The molecule has 6 heteroatoms. The minimum Gasteiger partial charge on any atom is -0.460 e. The number of carbonyl (C=O) groups is 1. The van der Waals surface area contributed by atoms with Crippen LogP contribution in [0.4, 0.5) is 0 Å². The molecule has 0 radical (unpaired) electrons. The maximum absolute atomic E-state index is 12.4. The molecular weight excluding hydrogens is 296 g/mol. The molecular formula is C17H20N2O4. The molecule has 3 rings (SSSR count). The van der Waals surface area contributed by atoms with Gasteiger partial charge >= 0.3 is 5.97 Å². The van der Waals surface area contributed by atoms with Crippen molar-refractivity contribution in [2.24, 2.45) is 5.41 Å². The summed E-state index contributed by atoms with van der Waals surface area (Å²) in [6.45, 7) is 2.92. The lowest BCUT2D eigenvalue weighted by Gasteiger charge is -2.38. The van der Waals surface area contributed by atoms with Gasteiger partial charge in [0.1, 0.15) is 12.3 Å². The number of hydrogen-bond acceptors (Lipinski definition) is 5. The zero-order valence-electron chi connectivity index (χ0n) is 13.0. The molecule has 1 aliphatic rings. The third-order valence-corrected chi connectivity index (χ3v) is 4.24. The van der Waals surface area contributed by atoms with E-state index in [4.69, 9.17) is 9.47 Å². The monoisotopic (exact) mass is 316 g/mol. The molecule has 1 aromatic carbocycles. The first-order valence-corrected chi connectivity index (χ1v) is 7.58. The smallest absolute Gasteiger partial charge is 0.356 e. The van der Waals surface area contributed by atoms with Gasteiger partial charge in [0, 0.05) is 0 Å². The summed E-state index contributed by atoms with van der Waals surface area (Å²) in [6.07, 6.45) is 3.13. The van der Waals surface area contributed by atoms with Crippen molar-refractivity contribution in [3.8, 4) is 0 Å². The Hall–Kier alpha value is -2.18. The fourth-order valence-electron chi connectivity index (χ4n) is 2.57. The van der Waals surface area contributed by atoms with Crippen LogP contribution in [0.2, 0.25) is 0 Å². The molecule has 1 fully saturated rings. The number of aliphatic hydroxyl groups is 1. The lowest BCUT2D eigenvalue weighted by Crippen LogP contribution is -2.49. The Balaban J connectivity index is 1.71. The number of carbonyl (C=O) groups excluding carboxylic acids is 1. The summed E-state index contributed by atoms with van der Waals surface area (Å²) in [4.78, 5) is 16.4. The highest BCUT2D eigenvalue weighted by molar-refractivity contribution is 5.87. The standard InChI is InChI=1S/C17H20N2O4/c1-13(14-5-3-2-4-6-14)19-12-18-7-15(19)16(21)23-11-17(8-20)9-22-10-17/h2-7,12-13,20H,8-11H2,1H3. The highest BCUT2D eigenvalue weighted by Gasteiger charge is 2.39. The van der Waals surface area contributed by atoms with Crippen molar-refractivity contribution in [2.75, 3.05) is 26.4 Å². The summed E-state index contributed by atoms with van der Waals surface area (Å²) in [5.74, 6) is -0.440. The van der Waals surface area contributed by atoms with E-state index in [2.05, 4.69) is 4.98 Å². The van der Waals surface area contributed by atoms with E-state index in [1.807, 2.05) is 37.3 Å². The van der Waals surface area contributed by atoms with Gasteiger partial charge in [0.25, 0.3) is 0 Å². The van der Waals surface area contributed by atoms with Crippen LogP contribution in [0.5, 0.6) is 0 Å². The van der Waals surface area contributed by atoms with E-state index < -0.39 is 11.4 Å². The van der Waals surface area contributed by atoms with Crippen molar-refractivity contribution in [3.63, 3.8) is 0 Å². The first kappa shape index (κ1) is 15.7. The fourth-order valence-corrected chi connectivity index (χ4v) is 2.57. The predicted molar refractivity (Wildman–Crippen MR) is 83.1 cm³/mol. The van der Waals surface area contributed by atoms with Gasteiger partial charge in [-0.3, -0.25) is 0 Å². The molecule has 1 aromatic heterocycles. The molecule has 1 N–H and O–H groups in total. The molecule has 122 valence electrons. The van der Waals surface area contributed by atoms with Crippen LogP contribution < -0.4 is 0 Å². The molecule has 2 heterocycles. The van der Waals surface area contributed by atoms with Crippen LogP contribution in [0.1, 0.15) is 29.0 Å². The van der Waals surface area contributed by atoms with Crippen molar-refractivity contribution >= 4 is 5.97 Å². The number of aliphatic hydroxyl groups excluding tert-OH is 1. The molecule has 1 saturated heterocycles. The van der Waals surface area contributed by atoms with E-state index in [9.17, 15) is 9.90 Å². The Morgan fingerprint density at radius 3 is 2.78 bits per heavy atom. The van der Waals surface area contributed by atoms with Gasteiger partial charge in [-0.05, 0) is 12.5 Å². The third-order valence-electron chi connectivity index (χ3n) is 4.24. The van der Waals surface area contributed by atoms with Crippen LogP contribution in [-0.4, -0.2) is 47.1 Å². The van der Waals surface area contributed by atoms with Gasteiger partial charge in [-0.1, -0.05) is 30.3 Å². The lowest BCUT2D eigenvalue weighted by molar-refractivity contribution is -0.159. The van der Waals surface area contributed by atoms with E-state index in [1.54, 1.807) is 10.9 Å². The zero-order chi connectivity index (χ0) is 16.3. The molecule has 23 heavy (non-hydrogen) atoms. The molecule has 0 spiro atoms. The predicted octanol–water partition coefficient (Wildman–Crippen LogP) is 1.66. The maximum Gasteiger partial charge on any atom is 0.356 e. The van der Waals surface area contributed by atoms with Gasteiger partial charge in [0.2, 0.25) is 0 Å². The molecule has 0 saturated carbocycles. The van der Waals surface area contributed by atoms with Crippen LogP contribution >= 0.6 is 0 Å². The number of aromatic nitrogens is 2. The van der Waals surface area contributed by atoms with E-state index in [0.29, 0.717) is 18.9 Å². The maximum atomic E-state index is 12.4. The van der Waals surface area contributed by atoms with Gasteiger partial charge < -0.3 is 19.1 Å². The Labute approximate surface area is 134 Å². The van der Waals surface area contributed by atoms with Gasteiger partial charge in [-0.25, -0.2) is 9.78 Å². The summed E-state index contributed by atoms with van der Waals surface area (Å²) in [5.41, 5.74) is 1.03. The zero-order valence-corrected chi connectivity index (χ0v) is 13.0. The second-order valence-corrected chi connectivity index (χ2v) is 6.00. The average molecular weight is 316 g/mol. The number of imidazole rings is 1. The van der Waals surface area contributed by atoms with E-state index in [0.717, 1.165) is 5.56 Å². The van der Waals surface area contributed by atoms with Crippen molar-refractivity contribution in [3.05, 3.63) is 54.1 Å². The molecule has 1 unspecified atom stereocenters. The van der Waals surface area contributed by atoms with Crippen molar-refractivity contribution in [1.29, 1.82) is 0 Å². The highest BCUT2D eigenvalue weighted by Crippen LogP contribution is 2.27. The van der Waals surface area contributed by atoms with Crippen LogP contribution in [0.15, 0.2) is 42.9 Å². The summed E-state index contributed by atoms with van der Waals surface area (Å²) >= 11 is 0. The SMILES string of the molecule is CC(c1ccccc1)n1cncc1C(=O)OCC1(CO)COC1. The number of rotatable bonds is 6. The second-order valence-electron chi connectivity index (χ2n) is 6.00. The lowest BCUT2D eigenvalue weighted by atomic mass is 9.88. The topological polar surface area (TPSA) is 73.6 Å². The number of benzene rings is 1. The number of hydrogen-bond donors (Lipinski definition) is 1. The number of ether oxygens (including phenoxy) is 2. The summed E-state index contributed by atoms with van der Waals surface area (Å²) in [6, 6.07) is 9.86. The quantitative estimate of drug-likeness (QED) is 0.821. The molecule has 1 atom stereocenters. The van der Waals surface area contributed by atoms with E-state index in [-0.39, 0.29) is 19.3 Å². The van der Waals surface area contributed by atoms with E-state index in [1.165, 1.54) is 6.20 Å². The molecule has 1 aliphatic heterocycles. The van der Waals surface area contributed by atoms with Crippen LogP contribution in [0, 0.1) is 5.41 Å². The van der Waals surface area contributed by atoms with Gasteiger partial charge in [0.15, 0.2) is 0 Å². The number of nitrogens with zero attached hydrogens (tertiary/aromatic N) is 2. The van der Waals surface area contributed by atoms with Gasteiger partial charge in [0.05, 0.1) is 43.8 Å². The minimum atomic E-state index is -0.453. The molecule has 0 aliphatic carbocycles. The normalized spacial score (nSPS) is 17.3. The van der Waals surface area contributed by atoms with Crippen molar-refractivity contribution < 1.29 is 19.4 Å². The summed E-state index contributed by atoms with van der Waals surface area (Å²) in [7, 11) is 0. The highest BCUT2D eigenvalue weighted by atomic mass is 16.5. The van der Waals surface area contributed by atoms with Crippen LogP contribution in [-0.2, 0) is 9.47 Å². The molecule has 2 aromatic rings. The Kier molecular flexibility index (Phi) is 4.45. The Morgan fingerprint density at radius 1 is 1.43 bits per heavy atom. The Morgan fingerprint density at radius 2 is 2.17 bits per heavy atom. The van der Waals surface area contributed by atoms with E-state index >= 15 is 0 Å². The minimum absolute atomic E-state index is 0.0277. The third kappa shape index (κ3) is 3.13. The van der Waals surface area contributed by atoms with Crippen LogP contribution in [0.3, 0.4) is 0 Å². The molecule has 0 amide bonds. The van der Waals surface area contributed by atoms with Crippen LogP contribution in [0.25, 0.3) is 0 Å². The summed E-state index contributed by atoms with van der Waals surface area (Å²) < 4.78 is 12.3. The van der Waals surface area contributed by atoms with Gasteiger partial charge in [-0.15, -0.1) is 0 Å². The molecule has 6 nitrogen and oxygen atoms in total. The first-order valence-electron chi connectivity index (χ1n) is 7.58. The first-order chi connectivity index (χ1) is 11.2. The second kappa shape index (κ2) is 6.52. The van der Waals surface area contributed by atoms with Gasteiger partial charge in [-0.2, -0.15) is 0 Å². The number of esters is 1. The fraction of sp³-hybridized carbons (Fsp3) is 0.412. The largest absolute Gasteiger partial charge is 0.460 e. The Bertz CT molecular complexity index is 659. The van der Waals surface area contributed by atoms with Crippen molar-refractivity contribution in [2.45, 2.75) is 13.0 Å². The molecule has 0 bridgehead atoms. The summed E-state index contributed by atoms with van der Waals surface area (Å²) in [5, 5.41) is 9.38. The van der Waals surface area contributed by atoms with Crippen molar-refractivity contribution in [1.82, 2.24) is 9.55 Å².